The zero-order chi connectivity index (χ0) is 30.1. The predicted octanol–water partition coefficient (Wildman–Crippen LogP) is 4.45. The molecule has 1 aliphatic rings. The molecule has 0 bridgehead atoms. The van der Waals surface area contributed by atoms with Crippen LogP contribution in [0.1, 0.15) is 30.3 Å². The van der Waals surface area contributed by atoms with Gasteiger partial charge in [0.2, 0.25) is 0 Å². The van der Waals surface area contributed by atoms with Crippen LogP contribution >= 0.6 is 0 Å². The van der Waals surface area contributed by atoms with Crippen molar-refractivity contribution in [3.8, 4) is 29.1 Å². The Morgan fingerprint density at radius 1 is 1.12 bits per heavy atom. The molecule has 2 heterocycles. The van der Waals surface area contributed by atoms with Gasteiger partial charge in [0.15, 0.2) is 0 Å². The Kier molecular flexibility index (Phi) is 10.3. The number of benzene rings is 2. The minimum Gasteiger partial charge on any atom is -0.492 e. The molecule has 0 atom stereocenters. The number of piperidine rings is 1. The molecule has 1 fully saturated rings. The maximum Gasteiger partial charge on any atom is 0.270 e. The molecule has 1 aliphatic heterocycles. The molecular weight excluding hydrogens is 528 g/mol. The van der Waals surface area contributed by atoms with Crippen molar-refractivity contribution in [1.29, 1.82) is 10.5 Å². The van der Waals surface area contributed by atoms with E-state index in [0.717, 1.165) is 48.0 Å². The van der Waals surface area contributed by atoms with Crippen LogP contribution in [-0.4, -0.2) is 72.9 Å². The molecule has 4 rings (SSSR count). The molecule has 42 heavy (non-hydrogen) atoms. The number of fused-ring (bicyclic) bond motifs is 1. The van der Waals surface area contributed by atoms with E-state index in [0.29, 0.717) is 41.4 Å². The first-order valence-corrected chi connectivity index (χ1v) is 14.1. The predicted molar refractivity (Wildman–Crippen MR) is 164 cm³/mol. The third-order valence-electron chi connectivity index (χ3n) is 7.27. The molecule has 2 aromatic carbocycles. The Balaban J connectivity index is 1.68. The Morgan fingerprint density at radius 2 is 1.81 bits per heavy atom. The van der Waals surface area contributed by atoms with Crippen molar-refractivity contribution in [2.75, 3.05) is 50.8 Å². The Bertz CT molecular complexity index is 1520. The summed E-state index contributed by atoms with van der Waals surface area (Å²) in [6.07, 6.45) is 1.65. The van der Waals surface area contributed by atoms with Crippen LogP contribution in [0.2, 0.25) is 0 Å². The molecule has 0 radical (unpaired) electrons. The molecular formula is C33H36N6O3. The van der Waals surface area contributed by atoms with Gasteiger partial charge < -0.3 is 25.0 Å². The summed E-state index contributed by atoms with van der Waals surface area (Å²) < 4.78 is 5.99. The van der Waals surface area contributed by atoms with Crippen LogP contribution in [0.3, 0.4) is 0 Å². The molecule has 1 amide bonds. The summed E-state index contributed by atoms with van der Waals surface area (Å²) in [4.78, 5) is 21.9. The van der Waals surface area contributed by atoms with Gasteiger partial charge in [-0.15, -0.1) is 0 Å². The maximum absolute atomic E-state index is 13.1. The van der Waals surface area contributed by atoms with Crippen LogP contribution < -0.4 is 15.0 Å². The van der Waals surface area contributed by atoms with E-state index in [4.69, 9.17) is 14.8 Å². The van der Waals surface area contributed by atoms with Gasteiger partial charge in [-0.1, -0.05) is 37.4 Å². The highest BCUT2D eigenvalue weighted by molar-refractivity contribution is 6.00. The molecule has 0 unspecified atom stereocenters. The van der Waals surface area contributed by atoms with Crippen LogP contribution in [0.15, 0.2) is 72.8 Å². The van der Waals surface area contributed by atoms with Crippen molar-refractivity contribution in [1.82, 2.24) is 15.2 Å². The summed E-state index contributed by atoms with van der Waals surface area (Å²) in [5, 5.41) is 33.0. The summed E-state index contributed by atoms with van der Waals surface area (Å²) in [7, 11) is 0. The number of aliphatic hydroxyl groups is 1. The maximum atomic E-state index is 13.1. The summed E-state index contributed by atoms with van der Waals surface area (Å²) in [6.45, 7) is 12.9. The first-order chi connectivity index (χ1) is 20.4. The number of carbonyl (C=O) groups excluding carboxylic acids is 1. The van der Waals surface area contributed by atoms with Gasteiger partial charge in [-0.2, -0.15) is 10.5 Å². The number of amides is 1. The highest BCUT2D eigenvalue weighted by Crippen LogP contribution is 2.39. The molecule has 0 spiro atoms. The topological polar surface area (TPSA) is 126 Å². The molecule has 9 heteroatoms. The molecule has 216 valence electrons. The van der Waals surface area contributed by atoms with Crippen molar-refractivity contribution in [2.24, 2.45) is 0 Å². The zero-order valence-corrected chi connectivity index (χ0v) is 24.0. The van der Waals surface area contributed by atoms with E-state index in [1.165, 1.54) is 0 Å². The minimum atomic E-state index is -0.214. The fraction of sp³-hybridized carbons (Fsp3) is 0.333. The Morgan fingerprint density at radius 3 is 2.45 bits per heavy atom. The van der Waals surface area contributed by atoms with E-state index >= 15 is 0 Å². The number of hydrogen-bond acceptors (Lipinski definition) is 8. The first-order valence-electron chi connectivity index (χ1n) is 14.1. The number of carbonyl (C=O) groups is 1. The lowest BCUT2D eigenvalue weighted by molar-refractivity contribution is 0.0898. The van der Waals surface area contributed by atoms with Crippen LogP contribution in [0.4, 0.5) is 5.69 Å². The lowest BCUT2D eigenvalue weighted by Crippen LogP contribution is -2.45. The van der Waals surface area contributed by atoms with E-state index in [1.54, 1.807) is 6.07 Å². The monoisotopic (exact) mass is 564 g/mol. The number of rotatable bonds is 12. The molecule has 0 saturated carbocycles. The molecule has 1 aromatic heterocycles. The SMILES string of the molecule is C=C(C#N)CN(CC(=C)C#N)c1c(OCC)ccc2ccc(-c3cccc(C(=O)NC4CCN(CCO)CC4)n3)cc12. The van der Waals surface area contributed by atoms with Crippen molar-refractivity contribution < 1.29 is 14.6 Å². The summed E-state index contributed by atoms with van der Waals surface area (Å²) in [5.74, 6) is 0.401. The van der Waals surface area contributed by atoms with E-state index in [2.05, 4.69) is 35.5 Å². The second-order valence-electron chi connectivity index (χ2n) is 10.3. The summed E-state index contributed by atoms with van der Waals surface area (Å²) >= 11 is 0. The Hall–Kier alpha value is -4.70. The van der Waals surface area contributed by atoms with Crippen molar-refractivity contribution in [3.63, 3.8) is 0 Å². The molecule has 3 aromatic rings. The molecule has 9 nitrogen and oxygen atoms in total. The quantitative estimate of drug-likeness (QED) is 0.309. The normalized spacial score (nSPS) is 13.6. The number of nitriles is 2. The van der Waals surface area contributed by atoms with Crippen molar-refractivity contribution in [3.05, 3.63) is 78.5 Å². The highest BCUT2D eigenvalue weighted by atomic mass is 16.5. The minimum absolute atomic E-state index is 0.0652. The fourth-order valence-electron chi connectivity index (χ4n) is 5.21. The highest BCUT2D eigenvalue weighted by Gasteiger charge is 2.22. The number of nitrogens with one attached hydrogen (secondary N) is 1. The number of ether oxygens (including phenoxy) is 1. The van der Waals surface area contributed by atoms with Crippen LogP contribution in [0, 0.1) is 22.7 Å². The fourth-order valence-corrected chi connectivity index (χ4v) is 5.21. The average Bonchev–Trinajstić information content (AvgIpc) is 3.01. The standard InChI is InChI=1S/C33H36N6O3/c1-4-42-31-11-10-25-8-9-26(18-28(25)32(31)39(21-23(2)19-34)22-24(3)20-35)29-6-5-7-30(37-29)33(41)36-27-12-14-38(15-13-27)16-17-40/h5-11,18,27,40H,2-4,12-17,21-22H2,1H3,(H,36,41). The zero-order valence-electron chi connectivity index (χ0n) is 24.0. The van der Waals surface area contributed by atoms with Gasteiger partial charge in [-0.25, -0.2) is 4.98 Å². The number of pyridine rings is 1. The van der Waals surface area contributed by atoms with E-state index in [9.17, 15) is 15.3 Å². The van der Waals surface area contributed by atoms with Gasteiger partial charge in [0, 0.05) is 47.8 Å². The second kappa shape index (κ2) is 14.3. The van der Waals surface area contributed by atoms with Gasteiger partial charge in [-0.05, 0) is 49.4 Å². The van der Waals surface area contributed by atoms with E-state index < -0.39 is 0 Å². The van der Waals surface area contributed by atoms with Gasteiger partial charge in [-0.3, -0.25) is 4.79 Å². The van der Waals surface area contributed by atoms with Crippen LogP contribution in [0.5, 0.6) is 5.75 Å². The van der Waals surface area contributed by atoms with E-state index in [-0.39, 0.29) is 31.6 Å². The smallest absolute Gasteiger partial charge is 0.270 e. The molecule has 1 saturated heterocycles. The van der Waals surface area contributed by atoms with Crippen molar-refractivity contribution in [2.45, 2.75) is 25.8 Å². The van der Waals surface area contributed by atoms with Gasteiger partial charge in [0.05, 0.1) is 49.8 Å². The van der Waals surface area contributed by atoms with E-state index in [1.807, 2.05) is 54.3 Å². The van der Waals surface area contributed by atoms with Gasteiger partial charge >= 0.3 is 0 Å². The number of hydrogen-bond donors (Lipinski definition) is 2. The largest absolute Gasteiger partial charge is 0.492 e. The van der Waals surface area contributed by atoms with Crippen LogP contribution in [-0.2, 0) is 0 Å². The number of aromatic nitrogens is 1. The molecule has 2 N–H and O–H groups in total. The number of β-amino-alcohol motifs (C(OH)–C–C–N with tert-alkyl or cyclic N) is 1. The molecule has 0 aliphatic carbocycles. The lowest BCUT2D eigenvalue weighted by atomic mass is 10.0. The third-order valence-corrected chi connectivity index (χ3v) is 7.27. The lowest BCUT2D eigenvalue weighted by Gasteiger charge is -2.31. The third kappa shape index (κ3) is 7.32. The summed E-state index contributed by atoms with van der Waals surface area (Å²) in [5.41, 5.74) is 3.20. The average molecular weight is 565 g/mol. The number of anilines is 1. The van der Waals surface area contributed by atoms with Crippen LogP contribution in [0.25, 0.3) is 22.0 Å². The number of likely N-dealkylation sites (tertiary alicyclic amines) is 1. The van der Waals surface area contributed by atoms with Gasteiger partial charge in [0.25, 0.3) is 5.91 Å². The first kappa shape index (κ1) is 30.3. The van der Waals surface area contributed by atoms with Crippen molar-refractivity contribution >= 4 is 22.4 Å². The number of aliphatic hydroxyl groups excluding tert-OH is 1. The summed E-state index contributed by atoms with van der Waals surface area (Å²) in [6, 6.07) is 19.4. The second-order valence-corrected chi connectivity index (χ2v) is 10.3. The number of nitrogens with zero attached hydrogens (tertiary/aromatic N) is 5. The Labute approximate surface area is 246 Å². The van der Waals surface area contributed by atoms with Gasteiger partial charge in [0.1, 0.15) is 11.4 Å².